The molecule has 20 heavy (non-hydrogen) atoms. The molecule has 0 fully saturated rings. The monoisotopic (exact) mass is 284 g/mol. The van der Waals surface area contributed by atoms with Crippen molar-refractivity contribution in [3.63, 3.8) is 0 Å². The number of halogens is 1. The second-order valence-electron chi connectivity index (χ2n) is 4.54. The summed E-state index contributed by atoms with van der Waals surface area (Å²) < 4.78 is 13.2. The summed E-state index contributed by atoms with van der Waals surface area (Å²) in [6.45, 7) is 2.00. The van der Waals surface area contributed by atoms with E-state index in [4.69, 9.17) is 5.73 Å². The van der Waals surface area contributed by atoms with Crippen LogP contribution in [0.15, 0.2) is 48.5 Å². The fraction of sp³-hybridized carbons (Fsp3) is 0.0625. The van der Waals surface area contributed by atoms with Gasteiger partial charge in [0.15, 0.2) is 5.13 Å². The Balaban J connectivity index is 1.97. The van der Waals surface area contributed by atoms with Gasteiger partial charge >= 0.3 is 0 Å². The minimum absolute atomic E-state index is 0.227. The van der Waals surface area contributed by atoms with Crippen molar-refractivity contribution in [3.8, 4) is 22.4 Å². The van der Waals surface area contributed by atoms with E-state index in [0.717, 1.165) is 27.3 Å². The second-order valence-corrected chi connectivity index (χ2v) is 5.78. The maximum Gasteiger partial charge on any atom is 0.180 e. The lowest BCUT2D eigenvalue weighted by Gasteiger charge is -2.04. The number of nitrogens with zero attached hydrogens (tertiary/aromatic N) is 1. The molecule has 0 radical (unpaired) electrons. The minimum Gasteiger partial charge on any atom is -0.375 e. The first kappa shape index (κ1) is 12.8. The van der Waals surface area contributed by atoms with Gasteiger partial charge in [0.1, 0.15) is 5.82 Å². The van der Waals surface area contributed by atoms with Crippen LogP contribution in [0.1, 0.15) is 4.88 Å². The van der Waals surface area contributed by atoms with Crippen LogP contribution in [0.5, 0.6) is 0 Å². The molecule has 0 aliphatic rings. The molecule has 0 aliphatic heterocycles. The number of anilines is 1. The summed E-state index contributed by atoms with van der Waals surface area (Å²) in [7, 11) is 0. The SMILES string of the molecule is Cc1sc(N)nc1-c1ccc(-c2cccc(F)c2)cc1. The third-order valence-corrected chi connectivity index (χ3v) is 3.93. The fourth-order valence-electron chi connectivity index (χ4n) is 2.17. The van der Waals surface area contributed by atoms with Crippen molar-refractivity contribution in [1.29, 1.82) is 0 Å². The van der Waals surface area contributed by atoms with E-state index in [1.807, 2.05) is 37.3 Å². The van der Waals surface area contributed by atoms with Crippen LogP contribution in [0.3, 0.4) is 0 Å². The molecule has 0 saturated heterocycles. The predicted molar refractivity (Wildman–Crippen MR) is 82.1 cm³/mol. The van der Waals surface area contributed by atoms with E-state index in [2.05, 4.69) is 4.98 Å². The molecule has 0 spiro atoms. The van der Waals surface area contributed by atoms with Gasteiger partial charge < -0.3 is 5.73 Å². The summed E-state index contributed by atoms with van der Waals surface area (Å²) in [6, 6.07) is 14.5. The number of nitrogen functional groups attached to an aromatic ring is 1. The molecule has 2 N–H and O–H groups in total. The topological polar surface area (TPSA) is 38.9 Å². The van der Waals surface area contributed by atoms with Crippen molar-refractivity contribution in [2.45, 2.75) is 6.92 Å². The Kier molecular flexibility index (Phi) is 3.24. The highest BCUT2D eigenvalue weighted by Crippen LogP contribution is 2.30. The molecule has 0 unspecified atom stereocenters. The summed E-state index contributed by atoms with van der Waals surface area (Å²) in [5.41, 5.74) is 9.51. The lowest BCUT2D eigenvalue weighted by molar-refractivity contribution is 0.628. The summed E-state index contributed by atoms with van der Waals surface area (Å²) in [5.74, 6) is -0.227. The molecule has 100 valence electrons. The molecule has 2 nitrogen and oxygen atoms in total. The number of hydrogen-bond acceptors (Lipinski definition) is 3. The van der Waals surface area contributed by atoms with Crippen LogP contribution in [0.25, 0.3) is 22.4 Å². The highest BCUT2D eigenvalue weighted by molar-refractivity contribution is 7.15. The van der Waals surface area contributed by atoms with E-state index in [-0.39, 0.29) is 5.82 Å². The highest BCUT2D eigenvalue weighted by atomic mass is 32.1. The van der Waals surface area contributed by atoms with Gasteiger partial charge in [-0.25, -0.2) is 9.37 Å². The summed E-state index contributed by atoms with van der Waals surface area (Å²) in [4.78, 5) is 5.43. The minimum atomic E-state index is -0.227. The molecular formula is C16H13FN2S. The summed E-state index contributed by atoms with van der Waals surface area (Å²) in [5, 5.41) is 0.576. The van der Waals surface area contributed by atoms with Crippen molar-refractivity contribution in [1.82, 2.24) is 4.98 Å². The first-order valence-electron chi connectivity index (χ1n) is 6.23. The number of benzene rings is 2. The van der Waals surface area contributed by atoms with Crippen LogP contribution in [-0.4, -0.2) is 4.98 Å². The van der Waals surface area contributed by atoms with E-state index >= 15 is 0 Å². The molecule has 1 aromatic heterocycles. The lowest BCUT2D eigenvalue weighted by atomic mass is 10.0. The van der Waals surface area contributed by atoms with Crippen molar-refractivity contribution >= 4 is 16.5 Å². The first-order chi connectivity index (χ1) is 9.63. The normalized spacial score (nSPS) is 10.7. The van der Waals surface area contributed by atoms with E-state index in [1.54, 1.807) is 6.07 Å². The Hall–Kier alpha value is -2.20. The molecule has 4 heteroatoms. The smallest absolute Gasteiger partial charge is 0.180 e. The standard InChI is InChI=1S/C16H13FN2S/c1-10-15(19-16(18)20-10)12-7-5-11(6-8-12)13-3-2-4-14(17)9-13/h2-9H,1H3,(H2,18,19). The van der Waals surface area contributed by atoms with Crippen molar-refractivity contribution in [2.24, 2.45) is 0 Å². The molecule has 1 heterocycles. The van der Waals surface area contributed by atoms with E-state index in [1.165, 1.54) is 23.5 Å². The molecule has 3 aromatic rings. The maximum absolute atomic E-state index is 13.2. The van der Waals surface area contributed by atoms with Gasteiger partial charge in [0.2, 0.25) is 0 Å². The van der Waals surface area contributed by atoms with Crippen LogP contribution in [0, 0.1) is 12.7 Å². The van der Waals surface area contributed by atoms with Crippen LogP contribution in [0.4, 0.5) is 9.52 Å². The Morgan fingerprint density at radius 1 is 1.00 bits per heavy atom. The zero-order valence-electron chi connectivity index (χ0n) is 10.9. The van der Waals surface area contributed by atoms with E-state index in [9.17, 15) is 4.39 Å². The summed E-state index contributed by atoms with van der Waals surface area (Å²) in [6.07, 6.45) is 0. The number of thiazole rings is 1. The number of rotatable bonds is 2. The van der Waals surface area contributed by atoms with E-state index < -0.39 is 0 Å². The number of nitrogens with two attached hydrogens (primary N) is 1. The zero-order valence-corrected chi connectivity index (χ0v) is 11.7. The molecule has 0 bridgehead atoms. The van der Waals surface area contributed by atoms with Crippen molar-refractivity contribution in [2.75, 3.05) is 5.73 Å². The van der Waals surface area contributed by atoms with Gasteiger partial charge in [-0.05, 0) is 30.2 Å². The Bertz CT molecular complexity index is 747. The molecule has 2 aromatic carbocycles. The molecule has 0 saturated carbocycles. The highest BCUT2D eigenvalue weighted by Gasteiger charge is 2.08. The van der Waals surface area contributed by atoms with Gasteiger partial charge in [0.05, 0.1) is 5.69 Å². The van der Waals surface area contributed by atoms with Gasteiger partial charge in [-0.3, -0.25) is 0 Å². The van der Waals surface area contributed by atoms with Crippen LogP contribution < -0.4 is 5.73 Å². The molecular weight excluding hydrogens is 271 g/mol. The molecule has 0 amide bonds. The first-order valence-corrected chi connectivity index (χ1v) is 7.04. The quantitative estimate of drug-likeness (QED) is 0.752. The van der Waals surface area contributed by atoms with E-state index in [0.29, 0.717) is 5.13 Å². The van der Waals surface area contributed by atoms with Gasteiger partial charge in [-0.15, -0.1) is 11.3 Å². The molecule has 0 atom stereocenters. The average molecular weight is 284 g/mol. The Labute approximate surface area is 120 Å². The van der Waals surface area contributed by atoms with Gasteiger partial charge in [-0.2, -0.15) is 0 Å². The third-order valence-electron chi connectivity index (χ3n) is 3.13. The molecule has 0 aliphatic carbocycles. The maximum atomic E-state index is 13.2. The van der Waals surface area contributed by atoms with Gasteiger partial charge in [0.25, 0.3) is 0 Å². The Morgan fingerprint density at radius 3 is 2.30 bits per heavy atom. The average Bonchev–Trinajstić information content (AvgIpc) is 2.78. The largest absolute Gasteiger partial charge is 0.375 e. The van der Waals surface area contributed by atoms with Crippen LogP contribution in [-0.2, 0) is 0 Å². The zero-order chi connectivity index (χ0) is 14.1. The fourth-order valence-corrected chi connectivity index (χ4v) is 2.88. The number of aryl methyl sites for hydroxylation is 1. The van der Waals surface area contributed by atoms with Crippen LogP contribution in [0.2, 0.25) is 0 Å². The van der Waals surface area contributed by atoms with Crippen LogP contribution >= 0.6 is 11.3 Å². The Morgan fingerprint density at radius 2 is 1.70 bits per heavy atom. The number of hydrogen-bond donors (Lipinski definition) is 1. The van der Waals surface area contributed by atoms with Crippen molar-refractivity contribution in [3.05, 3.63) is 59.2 Å². The van der Waals surface area contributed by atoms with Gasteiger partial charge in [0, 0.05) is 10.4 Å². The summed E-state index contributed by atoms with van der Waals surface area (Å²) >= 11 is 1.48. The predicted octanol–water partition coefficient (Wildman–Crippen LogP) is 4.51. The molecule has 3 rings (SSSR count). The third kappa shape index (κ3) is 2.42. The second kappa shape index (κ2) is 5.06. The number of aromatic nitrogens is 1. The lowest BCUT2D eigenvalue weighted by Crippen LogP contribution is -1.85. The van der Waals surface area contributed by atoms with Crippen molar-refractivity contribution < 1.29 is 4.39 Å². The van der Waals surface area contributed by atoms with Gasteiger partial charge in [-0.1, -0.05) is 36.4 Å².